The Morgan fingerprint density at radius 1 is 1.08 bits per heavy atom. The first-order valence-corrected chi connectivity index (χ1v) is 10.2. The molecule has 6 nitrogen and oxygen atoms in total. The smallest absolute Gasteiger partial charge is 0.208 e. The van der Waals surface area contributed by atoms with Gasteiger partial charge in [0.25, 0.3) is 0 Å². The van der Waals surface area contributed by atoms with Gasteiger partial charge in [-0.2, -0.15) is 0 Å². The molecule has 2 aromatic rings. The summed E-state index contributed by atoms with van der Waals surface area (Å²) in [5, 5.41) is 9.14. The molecule has 2 aromatic heterocycles. The van der Waals surface area contributed by atoms with Crippen LogP contribution in [0.15, 0.2) is 4.42 Å². The van der Waals surface area contributed by atoms with Crippen molar-refractivity contribution in [3.8, 4) is 0 Å². The number of fused-ring (bicyclic) bond motifs is 1. The van der Waals surface area contributed by atoms with E-state index in [1.807, 2.05) is 13.8 Å². The minimum atomic E-state index is 0.481. The van der Waals surface area contributed by atoms with Crippen LogP contribution in [0.4, 0.5) is 0 Å². The van der Waals surface area contributed by atoms with Gasteiger partial charge in [-0.05, 0) is 64.5 Å². The maximum atomic E-state index is 5.76. The van der Waals surface area contributed by atoms with Gasteiger partial charge >= 0.3 is 0 Å². The first-order valence-electron chi connectivity index (χ1n) is 10.2. The molecular formula is C20H29N5O. The Morgan fingerprint density at radius 3 is 2.69 bits per heavy atom. The molecule has 4 heterocycles. The molecule has 0 amide bonds. The van der Waals surface area contributed by atoms with Crippen LogP contribution in [0.25, 0.3) is 0 Å². The predicted octanol–water partition coefficient (Wildman–Crippen LogP) is 3.38. The second-order valence-corrected chi connectivity index (χ2v) is 8.58. The van der Waals surface area contributed by atoms with E-state index >= 15 is 0 Å². The fourth-order valence-corrected chi connectivity index (χ4v) is 4.99. The van der Waals surface area contributed by atoms with Gasteiger partial charge in [0.15, 0.2) is 0 Å². The quantitative estimate of drug-likeness (QED) is 0.845. The molecule has 5 rings (SSSR count). The first kappa shape index (κ1) is 16.5. The SMILES string of the molecule is Cc1nc(CN2CCC3(CC2)CC3c2nnc3n2CCCCC3)oc1C. The van der Waals surface area contributed by atoms with Crippen molar-refractivity contribution in [2.24, 2.45) is 5.41 Å². The molecule has 1 atom stereocenters. The molecule has 1 unspecified atom stereocenters. The Kier molecular flexibility index (Phi) is 3.92. The van der Waals surface area contributed by atoms with E-state index in [4.69, 9.17) is 4.42 Å². The number of hydrogen-bond donors (Lipinski definition) is 0. The highest BCUT2D eigenvalue weighted by molar-refractivity contribution is 5.21. The standard InChI is InChI=1S/C20H29N5O/c1-14-15(2)26-18(21-14)13-24-10-7-20(8-11-24)12-16(20)19-23-22-17-6-4-3-5-9-25(17)19/h16H,3-13H2,1-2H3. The highest BCUT2D eigenvalue weighted by Gasteiger charge is 2.57. The highest BCUT2D eigenvalue weighted by atomic mass is 16.4. The fraction of sp³-hybridized carbons (Fsp3) is 0.750. The van der Waals surface area contributed by atoms with Crippen molar-refractivity contribution in [3.63, 3.8) is 0 Å². The summed E-state index contributed by atoms with van der Waals surface area (Å²) in [4.78, 5) is 7.03. The van der Waals surface area contributed by atoms with E-state index in [0.29, 0.717) is 11.3 Å². The average Bonchev–Trinajstić information content (AvgIpc) is 3.14. The summed E-state index contributed by atoms with van der Waals surface area (Å²) in [6, 6.07) is 0. The van der Waals surface area contributed by atoms with Crippen molar-refractivity contribution in [1.82, 2.24) is 24.6 Å². The van der Waals surface area contributed by atoms with E-state index in [1.165, 1.54) is 50.2 Å². The molecule has 1 saturated heterocycles. The van der Waals surface area contributed by atoms with Crippen LogP contribution in [0.2, 0.25) is 0 Å². The molecule has 26 heavy (non-hydrogen) atoms. The van der Waals surface area contributed by atoms with E-state index in [1.54, 1.807) is 0 Å². The van der Waals surface area contributed by atoms with E-state index < -0.39 is 0 Å². The molecule has 0 bridgehead atoms. The number of aryl methyl sites for hydroxylation is 3. The van der Waals surface area contributed by atoms with Crippen LogP contribution in [0.3, 0.4) is 0 Å². The number of hydrogen-bond acceptors (Lipinski definition) is 5. The predicted molar refractivity (Wildman–Crippen MR) is 97.9 cm³/mol. The van der Waals surface area contributed by atoms with Crippen LogP contribution >= 0.6 is 0 Å². The number of aromatic nitrogens is 4. The van der Waals surface area contributed by atoms with Gasteiger partial charge in [-0.25, -0.2) is 4.98 Å². The minimum absolute atomic E-state index is 0.481. The molecule has 1 spiro atoms. The summed E-state index contributed by atoms with van der Waals surface area (Å²) in [7, 11) is 0. The Labute approximate surface area is 155 Å². The molecule has 6 heteroatoms. The zero-order valence-electron chi connectivity index (χ0n) is 16.0. The first-order chi connectivity index (χ1) is 12.6. The average molecular weight is 355 g/mol. The fourth-order valence-electron chi connectivity index (χ4n) is 4.99. The Morgan fingerprint density at radius 2 is 1.92 bits per heavy atom. The lowest BCUT2D eigenvalue weighted by atomic mass is 9.90. The van der Waals surface area contributed by atoms with Gasteiger partial charge in [-0.1, -0.05) is 6.42 Å². The summed E-state index contributed by atoms with van der Waals surface area (Å²) >= 11 is 0. The molecule has 1 aliphatic carbocycles. The van der Waals surface area contributed by atoms with Crippen molar-refractivity contribution < 1.29 is 4.42 Å². The lowest BCUT2D eigenvalue weighted by Gasteiger charge is -2.32. The molecule has 0 radical (unpaired) electrons. The molecule has 2 aliphatic heterocycles. The maximum absolute atomic E-state index is 5.76. The summed E-state index contributed by atoms with van der Waals surface area (Å²) in [6.45, 7) is 8.25. The van der Waals surface area contributed by atoms with E-state index in [9.17, 15) is 0 Å². The van der Waals surface area contributed by atoms with Gasteiger partial charge in [0, 0.05) is 18.9 Å². The number of rotatable bonds is 3. The van der Waals surface area contributed by atoms with Crippen LogP contribution in [0.5, 0.6) is 0 Å². The lowest BCUT2D eigenvalue weighted by molar-refractivity contribution is 0.149. The Hall–Kier alpha value is -1.69. The van der Waals surface area contributed by atoms with Crippen LogP contribution in [-0.4, -0.2) is 37.7 Å². The number of nitrogens with zero attached hydrogens (tertiary/aromatic N) is 5. The van der Waals surface area contributed by atoms with Gasteiger partial charge in [0.05, 0.1) is 12.2 Å². The summed E-state index contributed by atoms with van der Waals surface area (Å²) in [5.74, 6) is 4.96. The summed E-state index contributed by atoms with van der Waals surface area (Å²) in [6.07, 6.45) is 8.80. The molecule has 0 aromatic carbocycles. The molecule has 3 aliphatic rings. The largest absolute Gasteiger partial charge is 0.444 e. The van der Waals surface area contributed by atoms with Gasteiger partial charge in [0.2, 0.25) is 5.89 Å². The Balaban J connectivity index is 1.23. The Bertz CT molecular complexity index is 780. The summed E-state index contributed by atoms with van der Waals surface area (Å²) in [5.41, 5.74) is 1.50. The number of piperidine rings is 1. The second-order valence-electron chi connectivity index (χ2n) is 8.58. The highest BCUT2D eigenvalue weighted by Crippen LogP contribution is 2.64. The van der Waals surface area contributed by atoms with Crippen molar-refractivity contribution >= 4 is 0 Å². The molecule has 0 N–H and O–H groups in total. The maximum Gasteiger partial charge on any atom is 0.208 e. The molecular weight excluding hydrogens is 326 g/mol. The lowest BCUT2D eigenvalue weighted by Crippen LogP contribution is -2.34. The normalized spacial score (nSPS) is 25.2. The van der Waals surface area contributed by atoms with E-state index in [0.717, 1.165) is 49.9 Å². The van der Waals surface area contributed by atoms with Gasteiger partial charge in [0.1, 0.15) is 17.4 Å². The van der Waals surface area contributed by atoms with Crippen molar-refractivity contribution in [1.29, 1.82) is 0 Å². The van der Waals surface area contributed by atoms with E-state index in [2.05, 4.69) is 24.6 Å². The van der Waals surface area contributed by atoms with E-state index in [-0.39, 0.29) is 0 Å². The zero-order valence-corrected chi connectivity index (χ0v) is 16.0. The zero-order chi connectivity index (χ0) is 17.7. The monoisotopic (exact) mass is 355 g/mol. The molecule has 2 fully saturated rings. The van der Waals surface area contributed by atoms with Crippen molar-refractivity contribution in [3.05, 3.63) is 29.0 Å². The van der Waals surface area contributed by atoms with Gasteiger partial charge in [-0.3, -0.25) is 4.90 Å². The number of likely N-dealkylation sites (tertiary alicyclic amines) is 1. The van der Waals surface area contributed by atoms with Crippen molar-refractivity contribution in [2.45, 2.75) is 77.8 Å². The third-order valence-electron chi connectivity index (χ3n) is 6.92. The molecule has 1 saturated carbocycles. The minimum Gasteiger partial charge on any atom is -0.444 e. The third-order valence-corrected chi connectivity index (χ3v) is 6.92. The van der Waals surface area contributed by atoms with Crippen LogP contribution in [-0.2, 0) is 19.5 Å². The summed E-state index contributed by atoms with van der Waals surface area (Å²) < 4.78 is 8.22. The number of oxazole rings is 1. The van der Waals surface area contributed by atoms with Crippen LogP contribution < -0.4 is 0 Å². The van der Waals surface area contributed by atoms with Crippen LogP contribution in [0.1, 0.15) is 73.4 Å². The molecule has 140 valence electrons. The van der Waals surface area contributed by atoms with Crippen LogP contribution in [0, 0.1) is 19.3 Å². The third kappa shape index (κ3) is 2.79. The van der Waals surface area contributed by atoms with Gasteiger partial charge < -0.3 is 8.98 Å². The van der Waals surface area contributed by atoms with Crippen molar-refractivity contribution in [2.75, 3.05) is 13.1 Å². The van der Waals surface area contributed by atoms with Gasteiger partial charge in [-0.15, -0.1) is 10.2 Å². The topological polar surface area (TPSA) is 60.0 Å². The second kappa shape index (κ2) is 6.19.